The van der Waals surface area contributed by atoms with Crippen molar-refractivity contribution in [1.82, 2.24) is 5.32 Å². The summed E-state index contributed by atoms with van der Waals surface area (Å²) < 4.78 is 5.23. The summed E-state index contributed by atoms with van der Waals surface area (Å²) in [6.45, 7) is 4.96. The molecule has 0 spiro atoms. The molecule has 1 unspecified atom stereocenters. The van der Waals surface area contributed by atoms with Crippen LogP contribution in [0.15, 0.2) is 0 Å². The van der Waals surface area contributed by atoms with Crippen molar-refractivity contribution in [2.75, 3.05) is 13.2 Å². The van der Waals surface area contributed by atoms with E-state index in [9.17, 15) is 4.79 Å². The standard InChI is InChI=1S/C12H20N2O2/c1-3-16-8-10(2)14-11(15)12(9-13)6-4-5-7-12/h10H,3-8H2,1-2H3,(H,14,15). The number of hydrogen-bond acceptors (Lipinski definition) is 3. The summed E-state index contributed by atoms with van der Waals surface area (Å²) in [5, 5.41) is 12.0. The van der Waals surface area contributed by atoms with Crippen LogP contribution in [0, 0.1) is 16.7 Å². The van der Waals surface area contributed by atoms with Gasteiger partial charge in [0.25, 0.3) is 0 Å². The quantitative estimate of drug-likeness (QED) is 0.771. The molecular formula is C12H20N2O2. The average molecular weight is 224 g/mol. The Hall–Kier alpha value is -1.08. The minimum absolute atomic E-state index is 0.0294. The van der Waals surface area contributed by atoms with E-state index in [1.54, 1.807) is 0 Å². The van der Waals surface area contributed by atoms with E-state index in [-0.39, 0.29) is 11.9 Å². The van der Waals surface area contributed by atoms with E-state index in [1.807, 2.05) is 13.8 Å². The summed E-state index contributed by atoms with van der Waals surface area (Å²) in [7, 11) is 0. The Kier molecular flexibility index (Phi) is 4.75. The molecule has 1 aliphatic carbocycles. The highest BCUT2D eigenvalue weighted by Crippen LogP contribution is 2.37. The number of rotatable bonds is 5. The monoisotopic (exact) mass is 224 g/mol. The van der Waals surface area contributed by atoms with Gasteiger partial charge in [-0.2, -0.15) is 5.26 Å². The molecule has 90 valence electrons. The minimum atomic E-state index is -0.777. The van der Waals surface area contributed by atoms with Gasteiger partial charge in [0.05, 0.1) is 12.7 Å². The highest BCUT2D eigenvalue weighted by atomic mass is 16.5. The van der Waals surface area contributed by atoms with Gasteiger partial charge in [-0.1, -0.05) is 12.8 Å². The molecule has 0 bridgehead atoms. The molecule has 0 heterocycles. The lowest BCUT2D eigenvalue weighted by Gasteiger charge is -2.22. The van der Waals surface area contributed by atoms with Crippen molar-refractivity contribution in [2.45, 2.75) is 45.6 Å². The lowest BCUT2D eigenvalue weighted by molar-refractivity contribution is -0.129. The molecule has 1 rings (SSSR count). The molecule has 0 aromatic rings. The molecule has 1 amide bonds. The van der Waals surface area contributed by atoms with E-state index in [4.69, 9.17) is 10.00 Å². The maximum absolute atomic E-state index is 12.0. The maximum Gasteiger partial charge on any atom is 0.240 e. The Balaban J connectivity index is 2.47. The van der Waals surface area contributed by atoms with Crippen molar-refractivity contribution < 1.29 is 9.53 Å². The van der Waals surface area contributed by atoms with E-state index in [1.165, 1.54) is 0 Å². The number of hydrogen-bond donors (Lipinski definition) is 1. The van der Waals surface area contributed by atoms with Crippen LogP contribution in [0.3, 0.4) is 0 Å². The van der Waals surface area contributed by atoms with Crippen molar-refractivity contribution >= 4 is 5.91 Å². The third kappa shape index (κ3) is 2.96. The Bertz CT molecular complexity index is 277. The number of nitrogens with one attached hydrogen (secondary N) is 1. The highest BCUT2D eigenvalue weighted by molar-refractivity contribution is 5.85. The van der Waals surface area contributed by atoms with Crippen molar-refractivity contribution in [2.24, 2.45) is 5.41 Å². The molecule has 4 nitrogen and oxygen atoms in total. The van der Waals surface area contributed by atoms with Crippen LogP contribution in [0.25, 0.3) is 0 Å². The van der Waals surface area contributed by atoms with Crippen molar-refractivity contribution in [3.8, 4) is 6.07 Å². The molecule has 1 N–H and O–H groups in total. The van der Waals surface area contributed by atoms with Gasteiger partial charge in [0.2, 0.25) is 5.91 Å². The van der Waals surface area contributed by atoms with Crippen LogP contribution in [0.2, 0.25) is 0 Å². The minimum Gasteiger partial charge on any atom is -0.380 e. The van der Waals surface area contributed by atoms with Crippen LogP contribution < -0.4 is 5.32 Å². The Morgan fingerprint density at radius 1 is 1.56 bits per heavy atom. The smallest absolute Gasteiger partial charge is 0.240 e. The van der Waals surface area contributed by atoms with Gasteiger partial charge < -0.3 is 10.1 Å². The first-order valence-electron chi connectivity index (χ1n) is 5.94. The molecule has 0 aliphatic heterocycles. The van der Waals surface area contributed by atoms with Gasteiger partial charge in [0, 0.05) is 12.6 Å². The normalized spacial score (nSPS) is 20.1. The van der Waals surface area contributed by atoms with Gasteiger partial charge in [-0.25, -0.2) is 0 Å². The Labute approximate surface area is 97.0 Å². The van der Waals surface area contributed by atoms with E-state index in [2.05, 4.69) is 11.4 Å². The maximum atomic E-state index is 12.0. The predicted molar refractivity (Wildman–Crippen MR) is 60.6 cm³/mol. The van der Waals surface area contributed by atoms with Crippen molar-refractivity contribution in [3.63, 3.8) is 0 Å². The van der Waals surface area contributed by atoms with Gasteiger partial charge in [0.15, 0.2) is 0 Å². The molecule has 1 fully saturated rings. The second kappa shape index (κ2) is 5.86. The largest absolute Gasteiger partial charge is 0.380 e. The fourth-order valence-corrected chi connectivity index (χ4v) is 2.07. The number of carbonyl (C=O) groups is 1. The molecule has 0 aromatic heterocycles. The number of nitrogens with zero attached hydrogens (tertiary/aromatic N) is 1. The van der Waals surface area contributed by atoms with E-state index < -0.39 is 5.41 Å². The van der Waals surface area contributed by atoms with Crippen LogP contribution in [-0.2, 0) is 9.53 Å². The third-order valence-corrected chi connectivity index (χ3v) is 3.06. The molecule has 1 aliphatic rings. The molecule has 16 heavy (non-hydrogen) atoms. The van der Waals surface area contributed by atoms with Gasteiger partial charge in [-0.05, 0) is 26.7 Å². The fraction of sp³-hybridized carbons (Fsp3) is 0.833. The second-order valence-electron chi connectivity index (χ2n) is 4.43. The Morgan fingerprint density at radius 2 is 2.19 bits per heavy atom. The zero-order valence-electron chi connectivity index (χ0n) is 10.1. The van der Waals surface area contributed by atoms with E-state index in [0.29, 0.717) is 26.1 Å². The first-order chi connectivity index (χ1) is 7.64. The third-order valence-electron chi connectivity index (χ3n) is 3.06. The van der Waals surface area contributed by atoms with Gasteiger partial charge in [-0.15, -0.1) is 0 Å². The van der Waals surface area contributed by atoms with E-state index in [0.717, 1.165) is 12.8 Å². The average Bonchev–Trinajstić information content (AvgIpc) is 2.76. The molecule has 0 radical (unpaired) electrons. The summed E-state index contributed by atoms with van der Waals surface area (Å²) in [5.74, 6) is -0.125. The number of ether oxygens (including phenoxy) is 1. The van der Waals surface area contributed by atoms with Gasteiger partial charge in [0.1, 0.15) is 5.41 Å². The second-order valence-corrected chi connectivity index (χ2v) is 4.43. The summed E-state index contributed by atoms with van der Waals surface area (Å²) in [6, 6.07) is 2.16. The lowest BCUT2D eigenvalue weighted by atomic mass is 9.87. The fourth-order valence-electron chi connectivity index (χ4n) is 2.07. The topological polar surface area (TPSA) is 62.1 Å². The first kappa shape index (κ1) is 13.0. The summed E-state index contributed by atoms with van der Waals surface area (Å²) in [5.41, 5.74) is -0.777. The van der Waals surface area contributed by atoms with E-state index >= 15 is 0 Å². The van der Waals surface area contributed by atoms with Crippen molar-refractivity contribution in [1.29, 1.82) is 5.26 Å². The first-order valence-corrected chi connectivity index (χ1v) is 5.94. The molecule has 0 saturated heterocycles. The van der Waals surface area contributed by atoms with Crippen LogP contribution >= 0.6 is 0 Å². The zero-order valence-corrected chi connectivity index (χ0v) is 10.1. The van der Waals surface area contributed by atoms with Crippen LogP contribution in [0.4, 0.5) is 0 Å². The molecular weight excluding hydrogens is 204 g/mol. The van der Waals surface area contributed by atoms with Gasteiger partial charge in [-0.3, -0.25) is 4.79 Å². The Morgan fingerprint density at radius 3 is 2.69 bits per heavy atom. The van der Waals surface area contributed by atoms with Crippen LogP contribution in [0.1, 0.15) is 39.5 Å². The molecule has 0 aromatic carbocycles. The molecule has 4 heteroatoms. The van der Waals surface area contributed by atoms with Gasteiger partial charge >= 0.3 is 0 Å². The number of nitriles is 1. The SMILES string of the molecule is CCOCC(C)NC(=O)C1(C#N)CCCC1. The zero-order chi connectivity index (χ0) is 12.0. The summed E-state index contributed by atoms with van der Waals surface area (Å²) >= 11 is 0. The number of amides is 1. The highest BCUT2D eigenvalue weighted by Gasteiger charge is 2.41. The number of carbonyl (C=O) groups excluding carboxylic acids is 1. The molecule has 1 atom stereocenters. The molecule has 1 saturated carbocycles. The van der Waals surface area contributed by atoms with Crippen LogP contribution in [0.5, 0.6) is 0 Å². The predicted octanol–water partition coefficient (Wildman–Crippen LogP) is 1.61. The summed E-state index contributed by atoms with van der Waals surface area (Å²) in [6.07, 6.45) is 3.33. The summed E-state index contributed by atoms with van der Waals surface area (Å²) in [4.78, 5) is 12.0. The van der Waals surface area contributed by atoms with Crippen molar-refractivity contribution in [3.05, 3.63) is 0 Å². The van der Waals surface area contributed by atoms with Crippen LogP contribution in [-0.4, -0.2) is 25.2 Å². The lowest BCUT2D eigenvalue weighted by Crippen LogP contribution is -2.44.